The summed E-state index contributed by atoms with van der Waals surface area (Å²) in [6.45, 7) is 3.87. The molecule has 0 saturated carbocycles. The number of rotatable bonds is 4. The lowest BCUT2D eigenvalue weighted by molar-refractivity contribution is 0.441. The summed E-state index contributed by atoms with van der Waals surface area (Å²) in [5.41, 5.74) is 2.69. The second kappa shape index (κ2) is 6.70. The smallest absolute Gasteiger partial charge is 0.260 e. The molecular weight excluding hydrogens is 291 g/mol. The van der Waals surface area contributed by atoms with Gasteiger partial charge in [0.15, 0.2) is 0 Å². The summed E-state index contributed by atoms with van der Waals surface area (Å²) in [7, 11) is 2.35. The Bertz CT molecular complexity index is 687. The fourth-order valence-electron chi connectivity index (χ4n) is 5.39. The Morgan fingerprint density at radius 2 is 1.62 bits per heavy atom. The van der Waals surface area contributed by atoms with Gasteiger partial charge in [0.1, 0.15) is 0 Å². The van der Waals surface area contributed by atoms with Crippen molar-refractivity contribution in [3.8, 4) is 0 Å². The van der Waals surface area contributed by atoms with Gasteiger partial charge in [-0.1, -0.05) is 62.8 Å². The summed E-state index contributed by atoms with van der Waals surface area (Å²) in [5, 5.41) is 6.31. The second-order valence-electron chi connectivity index (χ2n) is 7.69. The molecule has 1 N–H and O–H groups in total. The molecule has 2 aliphatic heterocycles. The molecule has 2 aromatic rings. The van der Waals surface area contributed by atoms with Crippen molar-refractivity contribution in [1.82, 2.24) is 0 Å². The molecular formula is C21H29BN2. The van der Waals surface area contributed by atoms with Crippen LogP contribution in [0.1, 0.15) is 45.4 Å². The molecule has 2 aromatic carbocycles. The molecule has 2 saturated heterocycles. The maximum atomic E-state index is 3.57. The van der Waals surface area contributed by atoms with E-state index in [1.54, 1.807) is 0 Å². The average Bonchev–Trinajstić information content (AvgIpc) is 2.60. The highest BCUT2D eigenvalue weighted by Gasteiger charge is 2.42. The van der Waals surface area contributed by atoms with Crippen LogP contribution in [0.2, 0.25) is 11.6 Å². The summed E-state index contributed by atoms with van der Waals surface area (Å²) in [6, 6.07) is 13.4. The Labute approximate surface area is 146 Å². The number of nitrogens with zero attached hydrogens (tertiary/aromatic N) is 1. The van der Waals surface area contributed by atoms with Gasteiger partial charge in [-0.05, 0) is 43.1 Å². The van der Waals surface area contributed by atoms with Gasteiger partial charge < -0.3 is 10.1 Å². The molecule has 0 aromatic heterocycles. The highest BCUT2D eigenvalue weighted by molar-refractivity contribution is 6.67. The van der Waals surface area contributed by atoms with E-state index < -0.39 is 0 Å². The summed E-state index contributed by atoms with van der Waals surface area (Å²) in [4.78, 5) is 2.64. The molecule has 0 aliphatic carbocycles. The van der Waals surface area contributed by atoms with Gasteiger partial charge in [0.2, 0.25) is 0 Å². The van der Waals surface area contributed by atoms with Crippen LogP contribution in [0.4, 0.5) is 11.4 Å². The van der Waals surface area contributed by atoms with Gasteiger partial charge in [-0.3, -0.25) is 0 Å². The third-order valence-corrected chi connectivity index (χ3v) is 6.34. The number of fused-ring (bicyclic) bond motifs is 3. The van der Waals surface area contributed by atoms with Crippen LogP contribution in [0.5, 0.6) is 0 Å². The molecule has 2 heterocycles. The minimum absolute atomic E-state index is 0.729. The fraction of sp³-hybridized carbons (Fsp3) is 0.524. The van der Waals surface area contributed by atoms with E-state index in [1.165, 1.54) is 60.7 Å². The topological polar surface area (TPSA) is 15.3 Å². The summed E-state index contributed by atoms with van der Waals surface area (Å²) >= 11 is 0. The predicted octanol–water partition coefficient (Wildman–Crippen LogP) is 5.81. The minimum Gasteiger partial charge on any atom is -0.416 e. The first-order chi connectivity index (χ1) is 11.8. The minimum atomic E-state index is 0.729. The third kappa shape index (κ3) is 2.68. The van der Waals surface area contributed by atoms with Crippen molar-refractivity contribution in [1.29, 1.82) is 0 Å². The van der Waals surface area contributed by atoms with Gasteiger partial charge in [-0.2, -0.15) is 0 Å². The van der Waals surface area contributed by atoms with E-state index in [1.807, 2.05) is 0 Å². The first-order valence-corrected chi connectivity index (χ1v) is 9.78. The van der Waals surface area contributed by atoms with Crippen molar-refractivity contribution >= 4 is 29.0 Å². The Kier molecular flexibility index (Phi) is 4.43. The van der Waals surface area contributed by atoms with Gasteiger partial charge in [-0.25, -0.2) is 0 Å². The standard InChI is InChI=1S/C21H29BN2/c1-3-23-19-14-4-8-16-9-5-15-20(21(16)19)24(2)22-17-10-6-11-18(22)13-7-12-17/h4-5,8-9,14-15,17-18,23H,3,6-7,10-13H2,1-2H3. The zero-order valence-electron chi connectivity index (χ0n) is 15.1. The Hall–Kier alpha value is -1.64. The predicted molar refractivity (Wildman–Crippen MR) is 107 cm³/mol. The molecule has 3 heteroatoms. The number of nitrogens with one attached hydrogen (secondary N) is 1. The molecule has 126 valence electrons. The van der Waals surface area contributed by atoms with Crippen LogP contribution < -0.4 is 10.1 Å². The SMILES string of the molecule is CCNc1cccc2cccc(N(C)B3C4CCCC3CCC4)c12. The largest absolute Gasteiger partial charge is 0.416 e. The van der Waals surface area contributed by atoms with Crippen LogP contribution in [0, 0.1) is 0 Å². The van der Waals surface area contributed by atoms with E-state index in [2.05, 4.69) is 60.5 Å². The summed E-state index contributed by atoms with van der Waals surface area (Å²) in [6.07, 6.45) is 8.59. The lowest BCUT2D eigenvalue weighted by Crippen LogP contribution is -2.48. The van der Waals surface area contributed by atoms with Crippen LogP contribution in [-0.2, 0) is 0 Å². The Balaban J connectivity index is 1.78. The van der Waals surface area contributed by atoms with Crippen molar-refractivity contribution in [2.75, 3.05) is 23.7 Å². The molecule has 2 fully saturated rings. The van der Waals surface area contributed by atoms with E-state index in [-0.39, 0.29) is 0 Å². The van der Waals surface area contributed by atoms with Gasteiger partial charge in [0, 0.05) is 23.3 Å². The van der Waals surface area contributed by atoms with Crippen LogP contribution in [0.3, 0.4) is 0 Å². The van der Waals surface area contributed by atoms with Crippen LogP contribution in [0.15, 0.2) is 36.4 Å². The maximum absolute atomic E-state index is 3.57. The Morgan fingerprint density at radius 1 is 1.00 bits per heavy atom. The van der Waals surface area contributed by atoms with Crippen molar-refractivity contribution in [2.24, 2.45) is 0 Å². The van der Waals surface area contributed by atoms with E-state index >= 15 is 0 Å². The molecule has 24 heavy (non-hydrogen) atoms. The molecule has 2 aliphatic rings. The van der Waals surface area contributed by atoms with Gasteiger partial charge >= 0.3 is 0 Å². The first kappa shape index (κ1) is 15.9. The fourth-order valence-corrected chi connectivity index (χ4v) is 5.39. The van der Waals surface area contributed by atoms with Crippen LogP contribution >= 0.6 is 0 Å². The van der Waals surface area contributed by atoms with Crippen molar-refractivity contribution in [3.63, 3.8) is 0 Å². The van der Waals surface area contributed by atoms with Crippen LogP contribution in [0.25, 0.3) is 10.8 Å². The van der Waals surface area contributed by atoms with E-state index in [0.717, 1.165) is 25.0 Å². The molecule has 0 spiro atoms. The van der Waals surface area contributed by atoms with Crippen molar-refractivity contribution in [2.45, 2.75) is 57.1 Å². The number of hydrogen-bond donors (Lipinski definition) is 1. The van der Waals surface area contributed by atoms with Crippen LogP contribution in [-0.4, -0.2) is 20.4 Å². The normalized spacial score (nSPS) is 23.3. The van der Waals surface area contributed by atoms with Crippen molar-refractivity contribution in [3.05, 3.63) is 36.4 Å². The molecule has 0 atom stereocenters. The molecule has 4 rings (SSSR count). The van der Waals surface area contributed by atoms with Gasteiger partial charge in [0.05, 0.1) is 0 Å². The Morgan fingerprint density at radius 3 is 2.25 bits per heavy atom. The summed E-state index contributed by atoms with van der Waals surface area (Å²) < 4.78 is 0. The number of hydrogen-bond acceptors (Lipinski definition) is 2. The lowest BCUT2D eigenvalue weighted by Gasteiger charge is -2.45. The second-order valence-corrected chi connectivity index (χ2v) is 7.69. The maximum Gasteiger partial charge on any atom is 0.260 e. The quantitative estimate of drug-likeness (QED) is 0.715. The lowest BCUT2D eigenvalue weighted by atomic mass is 9.33. The van der Waals surface area contributed by atoms with E-state index in [9.17, 15) is 0 Å². The first-order valence-electron chi connectivity index (χ1n) is 9.78. The van der Waals surface area contributed by atoms with Crippen molar-refractivity contribution < 1.29 is 0 Å². The number of benzene rings is 2. The molecule has 0 radical (unpaired) electrons. The molecule has 0 unspecified atom stereocenters. The zero-order valence-corrected chi connectivity index (χ0v) is 15.1. The average molecular weight is 320 g/mol. The van der Waals surface area contributed by atoms with E-state index in [4.69, 9.17) is 0 Å². The van der Waals surface area contributed by atoms with E-state index in [0.29, 0.717) is 0 Å². The monoisotopic (exact) mass is 320 g/mol. The van der Waals surface area contributed by atoms with Gasteiger partial charge in [-0.15, -0.1) is 0 Å². The molecule has 2 bridgehead atoms. The van der Waals surface area contributed by atoms with Gasteiger partial charge in [0.25, 0.3) is 6.85 Å². The number of anilines is 2. The zero-order chi connectivity index (χ0) is 16.5. The molecule has 0 amide bonds. The summed E-state index contributed by atoms with van der Waals surface area (Å²) in [5.74, 6) is 1.79. The highest BCUT2D eigenvalue weighted by atomic mass is 15.0. The molecule has 2 nitrogen and oxygen atoms in total. The third-order valence-electron chi connectivity index (χ3n) is 6.34. The highest BCUT2D eigenvalue weighted by Crippen LogP contribution is 2.48.